The van der Waals surface area contributed by atoms with E-state index in [-0.39, 0.29) is 17.6 Å². The van der Waals surface area contributed by atoms with Gasteiger partial charge in [0.2, 0.25) is 0 Å². The van der Waals surface area contributed by atoms with E-state index in [1.54, 1.807) is 31.3 Å². The van der Waals surface area contributed by atoms with Crippen molar-refractivity contribution < 1.29 is 14.3 Å². The lowest BCUT2D eigenvalue weighted by molar-refractivity contribution is 0.0935. The van der Waals surface area contributed by atoms with Gasteiger partial charge in [-0.15, -0.1) is 5.10 Å². The molecule has 0 fully saturated rings. The Kier molecular flexibility index (Phi) is 6.58. The topological polar surface area (TPSA) is 91.2 Å². The summed E-state index contributed by atoms with van der Waals surface area (Å²) in [5.41, 5.74) is 5.63. The first-order valence-corrected chi connectivity index (χ1v) is 10.9. The first-order valence-electron chi connectivity index (χ1n) is 10.9. The van der Waals surface area contributed by atoms with Gasteiger partial charge in [-0.1, -0.05) is 17.3 Å². The summed E-state index contributed by atoms with van der Waals surface area (Å²) in [6, 6.07) is 15.0. The van der Waals surface area contributed by atoms with Crippen LogP contribution >= 0.6 is 0 Å². The highest BCUT2D eigenvalue weighted by Crippen LogP contribution is 2.31. The molecule has 34 heavy (non-hydrogen) atoms. The van der Waals surface area contributed by atoms with E-state index in [0.29, 0.717) is 17.2 Å². The molecule has 2 aromatic carbocycles. The van der Waals surface area contributed by atoms with Gasteiger partial charge in [-0.3, -0.25) is 9.78 Å². The number of nitrogens with zero attached hydrogens (tertiary/aromatic N) is 4. The summed E-state index contributed by atoms with van der Waals surface area (Å²) in [4.78, 5) is 17.5. The maximum atomic E-state index is 13.4. The molecule has 0 radical (unpaired) electrons. The number of nitrogens with one attached hydrogen (secondary N) is 1. The summed E-state index contributed by atoms with van der Waals surface area (Å²) in [5.74, 6) is 0.893. The van der Waals surface area contributed by atoms with Crippen LogP contribution in [0.15, 0.2) is 60.9 Å². The number of hydrogen-bond acceptors (Lipinski definition) is 6. The van der Waals surface area contributed by atoms with E-state index in [4.69, 9.17) is 9.47 Å². The van der Waals surface area contributed by atoms with Crippen LogP contribution in [0.2, 0.25) is 0 Å². The van der Waals surface area contributed by atoms with Gasteiger partial charge in [0.1, 0.15) is 5.69 Å². The monoisotopic (exact) mass is 457 g/mol. The number of ether oxygens (including phenoxy) is 2. The van der Waals surface area contributed by atoms with E-state index in [1.165, 1.54) is 5.56 Å². The third kappa shape index (κ3) is 4.47. The molecule has 4 aromatic rings. The minimum Gasteiger partial charge on any atom is -0.493 e. The first kappa shape index (κ1) is 23.0. The van der Waals surface area contributed by atoms with Gasteiger partial charge in [-0.2, -0.15) is 0 Å². The maximum Gasteiger partial charge on any atom is 0.274 e. The third-order valence-electron chi connectivity index (χ3n) is 5.83. The minimum atomic E-state index is -0.329. The number of pyridine rings is 1. The molecule has 0 spiro atoms. The largest absolute Gasteiger partial charge is 0.493 e. The Morgan fingerprint density at radius 1 is 0.941 bits per heavy atom. The Morgan fingerprint density at radius 2 is 1.68 bits per heavy atom. The molecule has 0 saturated carbocycles. The molecule has 4 rings (SSSR count). The number of carbonyl (C=O) groups is 1. The Bertz CT molecular complexity index is 1320. The minimum absolute atomic E-state index is 0.233. The zero-order chi connectivity index (χ0) is 24.2. The fraction of sp³-hybridized carbons (Fsp3) is 0.231. The summed E-state index contributed by atoms with van der Waals surface area (Å²) in [7, 11) is 3.17. The molecule has 0 bridgehead atoms. The van der Waals surface area contributed by atoms with Crippen molar-refractivity contribution in [3.05, 3.63) is 83.3 Å². The second-order valence-electron chi connectivity index (χ2n) is 8.01. The number of amides is 1. The van der Waals surface area contributed by atoms with Gasteiger partial charge in [0, 0.05) is 18.0 Å². The lowest BCUT2D eigenvalue weighted by Crippen LogP contribution is -2.27. The molecule has 1 N–H and O–H groups in total. The number of hydrogen-bond donors (Lipinski definition) is 1. The summed E-state index contributed by atoms with van der Waals surface area (Å²) >= 11 is 0. The zero-order valence-electron chi connectivity index (χ0n) is 19.9. The molecular formula is C26H27N5O3. The summed E-state index contributed by atoms with van der Waals surface area (Å²) in [6.07, 6.45) is 3.36. The van der Waals surface area contributed by atoms with Crippen molar-refractivity contribution in [2.45, 2.75) is 26.8 Å². The van der Waals surface area contributed by atoms with E-state index >= 15 is 0 Å². The zero-order valence-corrected chi connectivity index (χ0v) is 19.9. The SMILES string of the molecule is COc1ccc(C(C)NC(=O)c2nnn(-c3ccc(C)c(C)c3)c2-c2ccncc2)cc1OC. The second-order valence-corrected chi connectivity index (χ2v) is 8.01. The molecule has 1 amide bonds. The predicted molar refractivity (Wildman–Crippen MR) is 129 cm³/mol. The number of benzene rings is 2. The van der Waals surface area contributed by atoms with E-state index in [0.717, 1.165) is 22.4 Å². The van der Waals surface area contributed by atoms with Gasteiger partial charge in [-0.25, -0.2) is 4.68 Å². The Balaban J connectivity index is 1.70. The third-order valence-corrected chi connectivity index (χ3v) is 5.83. The van der Waals surface area contributed by atoms with Crippen LogP contribution in [0.25, 0.3) is 16.9 Å². The van der Waals surface area contributed by atoms with Crippen LogP contribution in [0.4, 0.5) is 0 Å². The highest BCUT2D eigenvalue weighted by molar-refractivity contribution is 5.98. The van der Waals surface area contributed by atoms with Crippen LogP contribution in [-0.2, 0) is 0 Å². The predicted octanol–water partition coefficient (Wildman–Crippen LogP) is 4.45. The Hall–Kier alpha value is -4.20. The second kappa shape index (κ2) is 9.74. The molecule has 174 valence electrons. The van der Waals surface area contributed by atoms with Gasteiger partial charge >= 0.3 is 0 Å². The van der Waals surface area contributed by atoms with Gasteiger partial charge in [0.15, 0.2) is 17.2 Å². The number of rotatable bonds is 7. The molecule has 1 atom stereocenters. The Labute approximate surface area is 198 Å². The van der Waals surface area contributed by atoms with Gasteiger partial charge in [0.05, 0.1) is 25.9 Å². The quantitative estimate of drug-likeness (QED) is 0.441. The molecule has 0 aliphatic rings. The maximum absolute atomic E-state index is 13.4. The van der Waals surface area contributed by atoms with E-state index in [1.807, 2.05) is 62.4 Å². The van der Waals surface area contributed by atoms with E-state index in [2.05, 4.69) is 27.5 Å². The van der Waals surface area contributed by atoms with Crippen LogP contribution in [0.5, 0.6) is 11.5 Å². The van der Waals surface area contributed by atoms with Crippen LogP contribution in [0.1, 0.15) is 40.1 Å². The first-order chi connectivity index (χ1) is 16.4. The smallest absolute Gasteiger partial charge is 0.274 e. The van der Waals surface area contributed by atoms with Crippen molar-refractivity contribution in [2.24, 2.45) is 0 Å². The average molecular weight is 458 g/mol. The lowest BCUT2D eigenvalue weighted by atomic mass is 10.1. The molecule has 0 saturated heterocycles. The Morgan fingerprint density at radius 3 is 2.35 bits per heavy atom. The van der Waals surface area contributed by atoms with E-state index < -0.39 is 0 Å². The van der Waals surface area contributed by atoms with Crippen LogP contribution in [-0.4, -0.2) is 40.1 Å². The molecule has 2 aromatic heterocycles. The molecule has 8 heteroatoms. The number of carbonyl (C=O) groups excluding carboxylic acids is 1. The average Bonchev–Trinajstić information content (AvgIpc) is 3.31. The number of methoxy groups -OCH3 is 2. The molecule has 1 unspecified atom stereocenters. The fourth-order valence-electron chi connectivity index (χ4n) is 3.71. The molecule has 8 nitrogen and oxygen atoms in total. The molecular weight excluding hydrogens is 430 g/mol. The van der Waals surface area contributed by atoms with Crippen molar-refractivity contribution in [1.29, 1.82) is 0 Å². The van der Waals surface area contributed by atoms with Gasteiger partial charge in [0.25, 0.3) is 5.91 Å². The van der Waals surface area contributed by atoms with Gasteiger partial charge < -0.3 is 14.8 Å². The number of aryl methyl sites for hydroxylation is 2. The highest BCUT2D eigenvalue weighted by atomic mass is 16.5. The van der Waals surface area contributed by atoms with Crippen molar-refractivity contribution >= 4 is 5.91 Å². The molecule has 0 aliphatic heterocycles. The molecule has 2 heterocycles. The van der Waals surface area contributed by atoms with Crippen LogP contribution in [0, 0.1) is 13.8 Å². The van der Waals surface area contributed by atoms with Crippen molar-refractivity contribution in [3.63, 3.8) is 0 Å². The van der Waals surface area contributed by atoms with Crippen molar-refractivity contribution in [3.8, 4) is 28.4 Å². The summed E-state index contributed by atoms with van der Waals surface area (Å²) in [6.45, 7) is 6.00. The van der Waals surface area contributed by atoms with Crippen molar-refractivity contribution in [1.82, 2.24) is 25.3 Å². The summed E-state index contributed by atoms with van der Waals surface area (Å²) < 4.78 is 12.4. The fourth-order valence-corrected chi connectivity index (χ4v) is 3.71. The van der Waals surface area contributed by atoms with E-state index in [9.17, 15) is 4.79 Å². The van der Waals surface area contributed by atoms with Gasteiger partial charge in [-0.05, 0) is 73.9 Å². The molecule has 0 aliphatic carbocycles. The van der Waals surface area contributed by atoms with Crippen molar-refractivity contribution in [2.75, 3.05) is 14.2 Å². The standard InChI is InChI=1S/C26H27N5O3/c1-16-6-8-21(14-17(16)2)31-25(19-10-12-27-13-11-19)24(29-30-31)26(32)28-18(3)20-7-9-22(33-4)23(15-20)34-5/h6-15,18H,1-5H3,(H,28,32). The van der Waals surface area contributed by atoms with Crippen LogP contribution < -0.4 is 14.8 Å². The summed E-state index contributed by atoms with van der Waals surface area (Å²) in [5, 5.41) is 11.6. The highest BCUT2D eigenvalue weighted by Gasteiger charge is 2.24. The lowest BCUT2D eigenvalue weighted by Gasteiger charge is -2.16. The number of aromatic nitrogens is 4. The van der Waals surface area contributed by atoms with Crippen LogP contribution in [0.3, 0.4) is 0 Å². The normalized spacial score (nSPS) is 11.7.